The van der Waals surface area contributed by atoms with Gasteiger partial charge in [0.2, 0.25) is 0 Å². The van der Waals surface area contributed by atoms with E-state index >= 15 is 0 Å². The topological polar surface area (TPSA) is 39.7 Å². The molecule has 10 aromatic carbocycles. The SMILES string of the molecule is c1ccc(-c2cccc(C3N=C(c4ccc(-c5ccc6c(c5)C5(c7ccccc7-6)c6ccccc6N(c6ccccc6)c6ccccc65)cc4)NC(c4cccc(-c5ccccc5)c4)N3)c2)cc1. The van der Waals surface area contributed by atoms with Crippen LogP contribution in [0, 0.1) is 0 Å². The van der Waals surface area contributed by atoms with Crippen LogP contribution in [-0.2, 0) is 5.41 Å². The van der Waals surface area contributed by atoms with Gasteiger partial charge in [-0.05, 0) is 120 Å². The normalized spacial score (nSPS) is 16.2. The maximum atomic E-state index is 5.40. The van der Waals surface area contributed by atoms with Crippen molar-refractivity contribution in [3.8, 4) is 44.5 Å². The van der Waals surface area contributed by atoms with E-state index in [4.69, 9.17) is 4.99 Å². The standard InChI is InChI=1S/C64H46N4/c1-4-18-43(19-5-1)47-22-16-24-50(40-47)62-65-61(66-63(67-62)51-25-17-23-48(41-51)44-20-6-2-7-21-44)46-36-34-45(35-37-46)49-38-39-54-53-28-10-11-29-55(53)64(58(54)42-49)56-30-12-14-32-59(56)68(52-26-8-3-9-27-52)60-33-15-13-31-57(60)64/h1-42,62-63,67H,(H,65,66). The Balaban J connectivity index is 0.905. The second-order valence-electron chi connectivity index (χ2n) is 17.9. The van der Waals surface area contributed by atoms with Crippen molar-refractivity contribution in [2.45, 2.75) is 17.7 Å². The lowest BCUT2D eigenvalue weighted by atomic mass is 9.64. The van der Waals surface area contributed by atoms with E-state index in [1.165, 1.54) is 72.6 Å². The fraction of sp³-hybridized carbons (Fsp3) is 0.0469. The quantitative estimate of drug-likeness (QED) is 0.168. The van der Waals surface area contributed by atoms with Gasteiger partial charge in [-0.25, -0.2) is 4.99 Å². The number of hydrogen-bond acceptors (Lipinski definition) is 4. The predicted octanol–water partition coefficient (Wildman–Crippen LogP) is 15.2. The van der Waals surface area contributed by atoms with Gasteiger partial charge in [0.25, 0.3) is 0 Å². The number of aliphatic imine (C=N–C) groups is 1. The molecule has 1 spiro atoms. The van der Waals surface area contributed by atoms with E-state index in [0.29, 0.717) is 0 Å². The summed E-state index contributed by atoms with van der Waals surface area (Å²) in [5.74, 6) is 0.849. The molecule has 68 heavy (non-hydrogen) atoms. The number of para-hydroxylation sites is 3. The van der Waals surface area contributed by atoms with Crippen LogP contribution in [0.1, 0.15) is 51.3 Å². The second-order valence-corrected chi connectivity index (χ2v) is 17.9. The van der Waals surface area contributed by atoms with Crippen molar-refractivity contribution in [3.63, 3.8) is 0 Å². The summed E-state index contributed by atoms with van der Waals surface area (Å²) in [5, 5.41) is 7.69. The second kappa shape index (κ2) is 16.4. The Morgan fingerprint density at radius 2 is 0.824 bits per heavy atom. The van der Waals surface area contributed by atoms with Gasteiger partial charge in [-0.15, -0.1) is 0 Å². The maximum Gasteiger partial charge on any atom is 0.131 e. The molecule has 0 bridgehead atoms. The summed E-state index contributed by atoms with van der Waals surface area (Å²) >= 11 is 0. The zero-order valence-corrected chi connectivity index (χ0v) is 37.3. The number of benzene rings is 10. The first kappa shape index (κ1) is 39.8. The molecule has 322 valence electrons. The molecule has 0 amide bonds. The van der Waals surface area contributed by atoms with Gasteiger partial charge in [0.1, 0.15) is 18.2 Å². The van der Waals surface area contributed by atoms with Gasteiger partial charge in [-0.2, -0.15) is 0 Å². The Morgan fingerprint density at radius 3 is 1.49 bits per heavy atom. The minimum atomic E-state index is -0.520. The number of nitrogens with one attached hydrogen (secondary N) is 2. The smallest absolute Gasteiger partial charge is 0.131 e. The van der Waals surface area contributed by atoms with Crippen LogP contribution in [0.2, 0.25) is 0 Å². The average Bonchev–Trinajstić information content (AvgIpc) is 3.71. The van der Waals surface area contributed by atoms with Gasteiger partial charge in [-0.1, -0.05) is 212 Å². The molecule has 4 heteroatoms. The first-order valence-electron chi connectivity index (χ1n) is 23.5. The third kappa shape index (κ3) is 6.52. The van der Waals surface area contributed by atoms with Crippen LogP contribution in [0.3, 0.4) is 0 Å². The molecule has 0 saturated heterocycles. The summed E-state index contributed by atoms with van der Waals surface area (Å²) in [7, 11) is 0. The minimum absolute atomic E-state index is 0.190. The Kier molecular flexibility index (Phi) is 9.59. The summed E-state index contributed by atoms with van der Waals surface area (Å²) < 4.78 is 0. The van der Waals surface area contributed by atoms with Crippen molar-refractivity contribution in [3.05, 3.63) is 294 Å². The van der Waals surface area contributed by atoms with Crippen LogP contribution in [-0.4, -0.2) is 5.84 Å². The number of fused-ring (bicyclic) bond motifs is 9. The van der Waals surface area contributed by atoms with Crippen LogP contribution in [0.25, 0.3) is 44.5 Å². The van der Waals surface area contributed by atoms with Crippen LogP contribution >= 0.6 is 0 Å². The molecule has 1 aliphatic carbocycles. The van der Waals surface area contributed by atoms with Crippen LogP contribution in [0.5, 0.6) is 0 Å². The molecular weight excluding hydrogens is 825 g/mol. The molecular formula is C64H46N4. The largest absolute Gasteiger partial charge is 0.350 e. The number of nitrogens with zero attached hydrogens (tertiary/aromatic N) is 2. The van der Waals surface area contributed by atoms with Gasteiger partial charge in [0, 0.05) is 11.3 Å². The van der Waals surface area contributed by atoms with Gasteiger partial charge in [-0.3, -0.25) is 5.32 Å². The van der Waals surface area contributed by atoms with Crippen molar-refractivity contribution >= 4 is 22.9 Å². The molecule has 2 atom stereocenters. The molecule has 10 aromatic rings. The fourth-order valence-corrected chi connectivity index (χ4v) is 11.1. The number of amidine groups is 1. The summed E-state index contributed by atoms with van der Waals surface area (Å²) in [6.45, 7) is 0. The van der Waals surface area contributed by atoms with Gasteiger partial charge in [0.15, 0.2) is 0 Å². The van der Waals surface area contributed by atoms with E-state index < -0.39 is 5.41 Å². The van der Waals surface area contributed by atoms with Crippen molar-refractivity contribution in [2.75, 3.05) is 4.90 Å². The number of rotatable bonds is 7. The highest BCUT2D eigenvalue weighted by Crippen LogP contribution is 2.63. The highest BCUT2D eigenvalue weighted by atomic mass is 15.3. The van der Waals surface area contributed by atoms with Gasteiger partial charge >= 0.3 is 0 Å². The first-order chi connectivity index (χ1) is 33.7. The number of anilines is 3. The molecule has 3 aliphatic rings. The van der Waals surface area contributed by atoms with Crippen LogP contribution in [0.15, 0.2) is 260 Å². The van der Waals surface area contributed by atoms with Crippen molar-refractivity contribution in [2.24, 2.45) is 4.99 Å². The summed E-state index contributed by atoms with van der Waals surface area (Å²) in [6, 6.07) is 92.6. The Morgan fingerprint density at radius 1 is 0.353 bits per heavy atom. The molecule has 0 radical (unpaired) electrons. The highest BCUT2D eigenvalue weighted by Gasteiger charge is 2.51. The van der Waals surface area contributed by atoms with Crippen molar-refractivity contribution in [1.29, 1.82) is 0 Å². The number of hydrogen-bond donors (Lipinski definition) is 2. The van der Waals surface area contributed by atoms with E-state index in [1.54, 1.807) is 0 Å². The molecule has 4 nitrogen and oxygen atoms in total. The summed E-state index contributed by atoms with van der Waals surface area (Å²) in [6.07, 6.45) is -0.474. The summed E-state index contributed by atoms with van der Waals surface area (Å²) in [4.78, 5) is 7.84. The van der Waals surface area contributed by atoms with E-state index in [0.717, 1.165) is 33.8 Å². The third-order valence-electron chi connectivity index (χ3n) is 14.1. The lowest BCUT2D eigenvalue weighted by molar-refractivity contribution is 0.409. The molecule has 2 heterocycles. The molecule has 13 rings (SSSR count). The molecule has 0 fully saturated rings. The van der Waals surface area contributed by atoms with Crippen molar-refractivity contribution in [1.82, 2.24) is 10.6 Å². The average molecular weight is 871 g/mol. The Labute approximate surface area is 397 Å². The molecule has 0 saturated carbocycles. The predicted molar refractivity (Wildman–Crippen MR) is 279 cm³/mol. The van der Waals surface area contributed by atoms with E-state index in [-0.39, 0.29) is 12.3 Å². The lowest BCUT2D eigenvalue weighted by Crippen LogP contribution is -2.45. The Hall–Kier alpha value is -8.57. The van der Waals surface area contributed by atoms with Crippen LogP contribution in [0.4, 0.5) is 17.1 Å². The molecule has 2 N–H and O–H groups in total. The maximum absolute atomic E-state index is 5.40. The molecule has 2 unspecified atom stereocenters. The van der Waals surface area contributed by atoms with E-state index in [2.05, 4.69) is 270 Å². The minimum Gasteiger partial charge on any atom is -0.350 e. The fourth-order valence-electron chi connectivity index (χ4n) is 11.1. The van der Waals surface area contributed by atoms with Crippen LogP contribution < -0.4 is 15.5 Å². The monoisotopic (exact) mass is 870 g/mol. The van der Waals surface area contributed by atoms with Gasteiger partial charge < -0.3 is 10.2 Å². The zero-order chi connectivity index (χ0) is 45.0. The first-order valence-corrected chi connectivity index (χ1v) is 23.5. The zero-order valence-electron chi connectivity index (χ0n) is 37.3. The lowest BCUT2D eigenvalue weighted by Gasteiger charge is -2.45. The Bertz CT molecular complexity index is 3480. The summed E-state index contributed by atoms with van der Waals surface area (Å²) in [5.41, 5.74) is 21.1. The van der Waals surface area contributed by atoms with E-state index in [9.17, 15) is 0 Å². The van der Waals surface area contributed by atoms with E-state index in [1.807, 2.05) is 0 Å². The third-order valence-corrected chi connectivity index (χ3v) is 14.1. The molecule has 2 aliphatic heterocycles. The molecule has 0 aromatic heterocycles. The van der Waals surface area contributed by atoms with Crippen molar-refractivity contribution < 1.29 is 0 Å². The van der Waals surface area contributed by atoms with Gasteiger partial charge in [0.05, 0.1) is 16.8 Å². The highest BCUT2D eigenvalue weighted by molar-refractivity contribution is 6.00.